The number of aliphatic carboxylic acids is 1. The van der Waals surface area contributed by atoms with Crippen LogP contribution in [0, 0.1) is 0 Å². The van der Waals surface area contributed by atoms with Gasteiger partial charge in [-0.15, -0.1) is 11.3 Å². The Labute approximate surface area is 126 Å². The average molecular weight is 309 g/mol. The maximum atomic E-state index is 11.4. The van der Waals surface area contributed by atoms with Crippen LogP contribution in [0.4, 0.5) is 0 Å². The molecule has 1 heterocycles. The van der Waals surface area contributed by atoms with Crippen LogP contribution in [0.3, 0.4) is 0 Å². The van der Waals surface area contributed by atoms with Gasteiger partial charge in [0.15, 0.2) is 0 Å². The monoisotopic (exact) mass is 308 g/mol. The third kappa shape index (κ3) is 3.40. The fraction of sp³-hybridized carbons (Fsp3) is 0.133. The van der Waals surface area contributed by atoms with E-state index in [-0.39, 0.29) is 5.57 Å². The SMILES string of the molecule is CCOc1ccc(Cl)cc1/C=C(\C(=O)O)c1cccs1. The van der Waals surface area contributed by atoms with Crippen LogP contribution in [0.15, 0.2) is 35.7 Å². The standard InChI is InChI=1S/C15H13ClO3S/c1-2-19-13-6-5-11(16)8-10(13)9-12(15(17)18)14-4-3-7-20-14/h3-9H,2H2,1H3,(H,17,18)/b12-9-. The number of ether oxygens (including phenoxy) is 1. The second kappa shape index (κ2) is 6.59. The third-order valence-electron chi connectivity index (χ3n) is 2.59. The molecule has 2 aromatic rings. The maximum absolute atomic E-state index is 11.4. The average Bonchev–Trinajstić information content (AvgIpc) is 2.92. The summed E-state index contributed by atoms with van der Waals surface area (Å²) in [6.07, 6.45) is 1.59. The highest BCUT2D eigenvalue weighted by atomic mass is 35.5. The molecule has 1 aromatic heterocycles. The number of benzene rings is 1. The molecule has 0 radical (unpaired) electrons. The molecular weight excluding hydrogens is 296 g/mol. The van der Waals surface area contributed by atoms with Crippen molar-refractivity contribution >= 4 is 40.6 Å². The van der Waals surface area contributed by atoms with Gasteiger partial charge in [0.25, 0.3) is 0 Å². The molecule has 0 amide bonds. The van der Waals surface area contributed by atoms with Crippen LogP contribution in [0.25, 0.3) is 11.6 Å². The van der Waals surface area contributed by atoms with Gasteiger partial charge in [-0.05, 0) is 42.6 Å². The summed E-state index contributed by atoms with van der Waals surface area (Å²) in [6.45, 7) is 2.38. The summed E-state index contributed by atoms with van der Waals surface area (Å²) in [5.74, 6) is -0.359. The number of rotatable bonds is 5. The van der Waals surface area contributed by atoms with Crippen LogP contribution in [0.5, 0.6) is 5.75 Å². The van der Waals surface area contributed by atoms with Gasteiger partial charge in [0.1, 0.15) is 5.75 Å². The zero-order chi connectivity index (χ0) is 14.5. The molecule has 0 aliphatic heterocycles. The Morgan fingerprint density at radius 1 is 1.45 bits per heavy atom. The Bertz CT molecular complexity index is 633. The predicted octanol–water partition coefficient (Wildman–Crippen LogP) is 4.43. The van der Waals surface area contributed by atoms with Crippen LogP contribution < -0.4 is 4.74 Å². The van der Waals surface area contributed by atoms with Crippen LogP contribution in [-0.4, -0.2) is 17.7 Å². The van der Waals surface area contributed by atoms with Gasteiger partial charge in [-0.1, -0.05) is 17.7 Å². The molecular formula is C15H13ClO3S. The van der Waals surface area contributed by atoms with Crippen LogP contribution in [-0.2, 0) is 4.79 Å². The first-order valence-corrected chi connectivity index (χ1v) is 7.28. The fourth-order valence-corrected chi connectivity index (χ4v) is 2.66. The van der Waals surface area contributed by atoms with Crippen LogP contribution in [0.1, 0.15) is 17.4 Å². The molecule has 0 bridgehead atoms. The zero-order valence-electron chi connectivity index (χ0n) is 10.8. The minimum absolute atomic E-state index is 0.225. The van der Waals surface area contributed by atoms with Crippen molar-refractivity contribution in [1.29, 1.82) is 0 Å². The summed E-state index contributed by atoms with van der Waals surface area (Å²) < 4.78 is 5.50. The number of thiophene rings is 1. The van der Waals surface area contributed by atoms with Crippen molar-refractivity contribution in [2.24, 2.45) is 0 Å². The van der Waals surface area contributed by atoms with Gasteiger partial charge in [0.05, 0.1) is 12.2 Å². The molecule has 1 aromatic carbocycles. The molecule has 0 saturated carbocycles. The van der Waals surface area contributed by atoms with Gasteiger partial charge in [-0.3, -0.25) is 0 Å². The lowest BCUT2D eigenvalue weighted by Crippen LogP contribution is -1.99. The first-order chi connectivity index (χ1) is 9.61. The summed E-state index contributed by atoms with van der Waals surface area (Å²) >= 11 is 7.35. The number of carbonyl (C=O) groups is 1. The third-order valence-corrected chi connectivity index (χ3v) is 3.73. The largest absolute Gasteiger partial charge is 0.493 e. The normalized spacial score (nSPS) is 11.4. The summed E-state index contributed by atoms with van der Waals surface area (Å²) in [5.41, 5.74) is 0.883. The van der Waals surface area contributed by atoms with E-state index in [1.807, 2.05) is 18.4 Å². The summed E-state index contributed by atoms with van der Waals surface area (Å²) in [6, 6.07) is 8.75. The Kier molecular flexibility index (Phi) is 4.82. The maximum Gasteiger partial charge on any atom is 0.337 e. The lowest BCUT2D eigenvalue weighted by atomic mass is 10.1. The molecule has 3 nitrogen and oxygen atoms in total. The topological polar surface area (TPSA) is 46.5 Å². The molecule has 0 unspecified atom stereocenters. The van der Waals surface area contributed by atoms with E-state index < -0.39 is 5.97 Å². The summed E-state index contributed by atoms with van der Waals surface area (Å²) in [4.78, 5) is 12.1. The lowest BCUT2D eigenvalue weighted by Gasteiger charge is -2.08. The van der Waals surface area contributed by atoms with E-state index in [2.05, 4.69) is 0 Å². The summed E-state index contributed by atoms with van der Waals surface area (Å²) in [5, 5.41) is 11.7. The molecule has 0 fully saturated rings. The highest BCUT2D eigenvalue weighted by Crippen LogP contribution is 2.29. The molecule has 1 N–H and O–H groups in total. The van der Waals surface area contributed by atoms with Crippen molar-refractivity contribution in [2.75, 3.05) is 6.61 Å². The first kappa shape index (κ1) is 14.6. The number of carboxylic acids is 1. The van der Waals surface area contributed by atoms with E-state index in [0.717, 1.165) is 0 Å². The number of hydrogen-bond donors (Lipinski definition) is 1. The minimum atomic E-state index is -0.977. The smallest absolute Gasteiger partial charge is 0.337 e. The Morgan fingerprint density at radius 3 is 2.85 bits per heavy atom. The van der Waals surface area contributed by atoms with Crippen molar-refractivity contribution in [3.63, 3.8) is 0 Å². The number of halogens is 1. The van der Waals surface area contributed by atoms with E-state index in [4.69, 9.17) is 16.3 Å². The van der Waals surface area contributed by atoms with Crippen molar-refractivity contribution in [1.82, 2.24) is 0 Å². The van der Waals surface area contributed by atoms with Crippen molar-refractivity contribution in [3.8, 4) is 5.75 Å². The van der Waals surface area contributed by atoms with Gasteiger partial charge in [-0.2, -0.15) is 0 Å². The van der Waals surface area contributed by atoms with Gasteiger partial charge >= 0.3 is 5.97 Å². The van der Waals surface area contributed by atoms with E-state index >= 15 is 0 Å². The van der Waals surface area contributed by atoms with Crippen LogP contribution >= 0.6 is 22.9 Å². The Hall–Kier alpha value is -1.78. The molecule has 0 spiro atoms. The number of hydrogen-bond acceptors (Lipinski definition) is 3. The second-order valence-electron chi connectivity index (χ2n) is 3.96. The van der Waals surface area contributed by atoms with Gasteiger partial charge in [-0.25, -0.2) is 4.79 Å². The fourth-order valence-electron chi connectivity index (χ4n) is 1.74. The Balaban J connectivity index is 2.51. The lowest BCUT2D eigenvalue weighted by molar-refractivity contribution is -0.130. The molecule has 2 rings (SSSR count). The van der Waals surface area contributed by atoms with Crippen molar-refractivity contribution in [3.05, 3.63) is 51.2 Å². The van der Waals surface area contributed by atoms with Crippen molar-refractivity contribution in [2.45, 2.75) is 6.92 Å². The van der Waals surface area contributed by atoms with Crippen LogP contribution in [0.2, 0.25) is 5.02 Å². The summed E-state index contributed by atoms with van der Waals surface area (Å²) in [7, 11) is 0. The minimum Gasteiger partial charge on any atom is -0.493 e. The quantitative estimate of drug-likeness (QED) is 0.831. The van der Waals surface area contributed by atoms with Gasteiger partial charge in [0.2, 0.25) is 0 Å². The molecule has 0 atom stereocenters. The first-order valence-electron chi connectivity index (χ1n) is 6.03. The Morgan fingerprint density at radius 2 is 2.25 bits per heavy atom. The molecule has 0 saturated heterocycles. The molecule has 104 valence electrons. The van der Waals surface area contributed by atoms with E-state index in [1.165, 1.54) is 11.3 Å². The highest BCUT2D eigenvalue weighted by Gasteiger charge is 2.13. The zero-order valence-corrected chi connectivity index (χ0v) is 12.4. The van der Waals surface area contributed by atoms with E-state index in [1.54, 1.807) is 30.3 Å². The molecule has 20 heavy (non-hydrogen) atoms. The molecule has 0 aliphatic carbocycles. The van der Waals surface area contributed by atoms with E-state index in [0.29, 0.717) is 27.8 Å². The van der Waals surface area contributed by atoms with E-state index in [9.17, 15) is 9.90 Å². The molecule has 5 heteroatoms. The highest BCUT2D eigenvalue weighted by molar-refractivity contribution is 7.11. The second-order valence-corrected chi connectivity index (χ2v) is 5.34. The van der Waals surface area contributed by atoms with Gasteiger partial charge < -0.3 is 9.84 Å². The molecule has 0 aliphatic rings. The van der Waals surface area contributed by atoms with Gasteiger partial charge in [0, 0.05) is 15.5 Å². The predicted molar refractivity (Wildman–Crippen MR) is 82.4 cm³/mol. The number of carboxylic acid groups (broad SMARTS) is 1. The van der Waals surface area contributed by atoms with Crippen molar-refractivity contribution < 1.29 is 14.6 Å².